The zero-order valence-corrected chi connectivity index (χ0v) is 12.1. The standard InChI is InChI=1S/C14H18N2O3S/c1-19-12-6-3-11(4-7-12)5-8-13(18)16-14(20)15-9-2-10-17/h3-8,17H,2,9-10H2,1H3,(H2,15,16,18,20). The molecular weight excluding hydrogens is 276 g/mol. The van der Waals surface area contributed by atoms with Gasteiger partial charge < -0.3 is 15.2 Å². The number of rotatable bonds is 6. The minimum Gasteiger partial charge on any atom is -0.497 e. The fourth-order valence-corrected chi connectivity index (χ4v) is 1.57. The van der Waals surface area contributed by atoms with Gasteiger partial charge in [0.25, 0.3) is 0 Å². The van der Waals surface area contributed by atoms with E-state index in [-0.39, 0.29) is 17.6 Å². The monoisotopic (exact) mass is 294 g/mol. The number of aliphatic hydroxyl groups is 1. The second-order valence-corrected chi connectivity index (χ2v) is 4.34. The highest BCUT2D eigenvalue weighted by atomic mass is 32.1. The van der Waals surface area contributed by atoms with E-state index in [0.29, 0.717) is 13.0 Å². The number of amides is 1. The normalized spacial score (nSPS) is 10.3. The van der Waals surface area contributed by atoms with Gasteiger partial charge in [0.2, 0.25) is 5.91 Å². The average Bonchev–Trinajstić information content (AvgIpc) is 2.46. The molecule has 3 N–H and O–H groups in total. The fraction of sp³-hybridized carbons (Fsp3) is 0.286. The van der Waals surface area contributed by atoms with Gasteiger partial charge in [0.1, 0.15) is 5.75 Å². The molecule has 5 nitrogen and oxygen atoms in total. The van der Waals surface area contributed by atoms with Gasteiger partial charge in [-0.3, -0.25) is 10.1 Å². The van der Waals surface area contributed by atoms with Crippen LogP contribution in [0.2, 0.25) is 0 Å². The third-order valence-electron chi connectivity index (χ3n) is 2.40. The van der Waals surface area contributed by atoms with Crippen molar-refractivity contribution in [2.75, 3.05) is 20.3 Å². The Kier molecular flexibility index (Phi) is 7.31. The highest BCUT2D eigenvalue weighted by Crippen LogP contribution is 2.12. The van der Waals surface area contributed by atoms with Crippen molar-refractivity contribution in [2.24, 2.45) is 0 Å². The largest absolute Gasteiger partial charge is 0.497 e. The molecule has 6 heteroatoms. The molecule has 0 aliphatic rings. The molecule has 1 rings (SSSR count). The van der Waals surface area contributed by atoms with E-state index in [1.807, 2.05) is 24.3 Å². The number of nitrogens with one attached hydrogen (secondary N) is 2. The van der Waals surface area contributed by atoms with Crippen LogP contribution in [0.3, 0.4) is 0 Å². The van der Waals surface area contributed by atoms with E-state index in [1.165, 1.54) is 6.08 Å². The third kappa shape index (κ3) is 6.31. The Labute approximate surface area is 123 Å². The summed E-state index contributed by atoms with van der Waals surface area (Å²) in [6.45, 7) is 0.610. The van der Waals surface area contributed by atoms with Crippen molar-refractivity contribution >= 4 is 29.3 Å². The van der Waals surface area contributed by atoms with Gasteiger partial charge in [0, 0.05) is 19.2 Å². The molecule has 0 heterocycles. The predicted octanol–water partition coefficient (Wildman–Crippen LogP) is 1.08. The number of carbonyl (C=O) groups excluding carboxylic acids is 1. The molecule has 0 aliphatic carbocycles. The minimum atomic E-state index is -0.303. The van der Waals surface area contributed by atoms with E-state index < -0.39 is 0 Å². The Morgan fingerprint density at radius 1 is 1.40 bits per heavy atom. The first-order chi connectivity index (χ1) is 9.65. The lowest BCUT2D eigenvalue weighted by molar-refractivity contribution is -0.115. The van der Waals surface area contributed by atoms with Gasteiger partial charge in [-0.15, -0.1) is 0 Å². The molecule has 0 saturated heterocycles. The molecule has 1 amide bonds. The Balaban J connectivity index is 2.40. The number of carbonyl (C=O) groups is 1. The van der Waals surface area contributed by atoms with Crippen molar-refractivity contribution in [3.63, 3.8) is 0 Å². The maximum absolute atomic E-state index is 11.6. The van der Waals surface area contributed by atoms with Gasteiger partial charge in [0.15, 0.2) is 5.11 Å². The van der Waals surface area contributed by atoms with Crippen LogP contribution in [0, 0.1) is 0 Å². The van der Waals surface area contributed by atoms with E-state index >= 15 is 0 Å². The number of thiocarbonyl (C=S) groups is 1. The van der Waals surface area contributed by atoms with Crippen LogP contribution in [-0.4, -0.2) is 36.4 Å². The molecule has 0 radical (unpaired) electrons. The van der Waals surface area contributed by atoms with Crippen LogP contribution in [-0.2, 0) is 4.79 Å². The smallest absolute Gasteiger partial charge is 0.250 e. The van der Waals surface area contributed by atoms with Gasteiger partial charge in [-0.25, -0.2) is 0 Å². The molecule has 0 fully saturated rings. The van der Waals surface area contributed by atoms with Crippen molar-refractivity contribution in [2.45, 2.75) is 6.42 Å². The van der Waals surface area contributed by atoms with Crippen LogP contribution in [0.5, 0.6) is 5.75 Å². The lowest BCUT2D eigenvalue weighted by atomic mass is 10.2. The summed E-state index contributed by atoms with van der Waals surface area (Å²) >= 11 is 4.93. The Bertz CT molecular complexity index is 472. The Hall–Kier alpha value is -1.92. The lowest BCUT2D eigenvalue weighted by Crippen LogP contribution is -2.38. The summed E-state index contributed by atoms with van der Waals surface area (Å²) in [5.41, 5.74) is 0.889. The number of hydrogen-bond acceptors (Lipinski definition) is 4. The summed E-state index contributed by atoms with van der Waals surface area (Å²) in [5.74, 6) is 0.461. The maximum Gasteiger partial charge on any atom is 0.250 e. The summed E-state index contributed by atoms with van der Waals surface area (Å²) < 4.78 is 5.05. The van der Waals surface area contributed by atoms with Crippen molar-refractivity contribution in [1.29, 1.82) is 0 Å². The first-order valence-electron chi connectivity index (χ1n) is 6.17. The van der Waals surface area contributed by atoms with Crippen LogP contribution in [0.25, 0.3) is 6.08 Å². The molecule has 0 aromatic heterocycles. The fourth-order valence-electron chi connectivity index (χ4n) is 1.37. The van der Waals surface area contributed by atoms with Crippen LogP contribution >= 0.6 is 12.2 Å². The van der Waals surface area contributed by atoms with E-state index in [0.717, 1.165) is 11.3 Å². The third-order valence-corrected chi connectivity index (χ3v) is 2.65. The molecule has 0 spiro atoms. The van der Waals surface area contributed by atoms with Crippen LogP contribution in [0.1, 0.15) is 12.0 Å². The van der Waals surface area contributed by atoms with E-state index in [2.05, 4.69) is 10.6 Å². The molecule has 1 aromatic rings. The van der Waals surface area contributed by atoms with Gasteiger partial charge in [0.05, 0.1) is 7.11 Å². The minimum absolute atomic E-state index is 0.0843. The van der Waals surface area contributed by atoms with E-state index in [9.17, 15) is 4.79 Å². The summed E-state index contributed by atoms with van der Waals surface area (Å²) in [5, 5.41) is 14.2. The second-order valence-electron chi connectivity index (χ2n) is 3.93. The number of hydrogen-bond donors (Lipinski definition) is 3. The number of benzene rings is 1. The van der Waals surface area contributed by atoms with Crippen molar-refractivity contribution in [3.05, 3.63) is 35.9 Å². The number of methoxy groups -OCH3 is 1. The second kappa shape index (κ2) is 9.06. The Morgan fingerprint density at radius 2 is 2.10 bits per heavy atom. The zero-order valence-electron chi connectivity index (χ0n) is 11.3. The molecule has 108 valence electrons. The van der Waals surface area contributed by atoms with Gasteiger partial charge in [-0.2, -0.15) is 0 Å². The summed E-state index contributed by atoms with van der Waals surface area (Å²) in [7, 11) is 1.60. The molecule has 1 aromatic carbocycles. The van der Waals surface area contributed by atoms with Crippen molar-refractivity contribution in [3.8, 4) is 5.75 Å². The number of aliphatic hydroxyl groups excluding tert-OH is 1. The zero-order chi connectivity index (χ0) is 14.8. The van der Waals surface area contributed by atoms with Gasteiger partial charge >= 0.3 is 0 Å². The Morgan fingerprint density at radius 3 is 2.70 bits per heavy atom. The maximum atomic E-state index is 11.6. The SMILES string of the molecule is COc1ccc(C=CC(=O)NC(=S)NCCCO)cc1. The summed E-state index contributed by atoms with van der Waals surface area (Å²) in [6, 6.07) is 7.33. The first kappa shape index (κ1) is 16.1. The first-order valence-corrected chi connectivity index (χ1v) is 6.58. The van der Waals surface area contributed by atoms with E-state index in [1.54, 1.807) is 13.2 Å². The van der Waals surface area contributed by atoms with Gasteiger partial charge in [-0.1, -0.05) is 12.1 Å². The molecule has 0 saturated carbocycles. The van der Waals surface area contributed by atoms with Gasteiger partial charge in [-0.05, 0) is 42.4 Å². The summed E-state index contributed by atoms with van der Waals surface area (Å²) in [4.78, 5) is 11.6. The molecule has 0 aliphatic heterocycles. The molecular formula is C14H18N2O3S. The summed E-state index contributed by atoms with van der Waals surface area (Å²) in [6.07, 6.45) is 3.67. The van der Waals surface area contributed by atoms with E-state index in [4.69, 9.17) is 22.1 Å². The topological polar surface area (TPSA) is 70.6 Å². The molecule has 0 unspecified atom stereocenters. The van der Waals surface area contributed by atoms with Crippen LogP contribution < -0.4 is 15.4 Å². The van der Waals surface area contributed by atoms with Crippen LogP contribution in [0.15, 0.2) is 30.3 Å². The molecule has 20 heavy (non-hydrogen) atoms. The molecule has 0 atom stereocenters. The highest BCUT2D eigenvalue weighted by molar-refractivity contribution is 7.80. The lowest BCUT2D eigenvalue weighted by Gasteiger charge is -2.06. The highest BCUT2D eigenvalue weighted by Gasteiger charge is 1.99. The quantitative estimate of drug-likeness (QED) is 0.416. The van der Waals surface area contributed by atoms with Crippen molar-refractivity contribution < 1.29 is 14.6 Å². The average molecular weight is 294 g/mol. The van der Waals surface area contributed by atoms with Crippen LogP contribution in [0.4, 0.5) is 0 Å². The van der Waals surface area contributed by atoms with Crippen molar-refractivity contribution in [1.82, 2.24) is 10.6 Å². The molecule has 0 bridgehead atoms. The predicted molar refractivity (Wildman–Crippen MR) is 82.5 cm³/mol. The number of ether oxygens (including phenoxy) is 1.